The second-order valence-corrected chi connectivity index (χ2v) is 7.29. The molecule has 0 amide bonds. The van der Waals surface area contributed by atoms with Gasteiger partial charge < -0.3 is 14.6 Å². The summed E-state index contributed by atoms with van der Waals surface area (Å²) in [7, 11) is 3.14. The Hall–Kier alpha value is -3.12. The summed E-state index contributed by atoms with van der Waals surface area (Å²) in [4.78, 5) is 24.3. The highest BCUT2D eigenvalue weighted by atomic mass is 16.5. The van der Waals surface area contributed by atoms with Crippen molar-refractivity contribution in [3.05, 3.63) is 97.8 Å². The Bertz CT molecular complexity index is 1080. The Morgan fingerprint density at radius 3 is 2.28 bits per heavy atom. The van der Waals surface area contributed by atoms with Crippen molar-refractivity contribution in [3.8, 4) is 5.75 Å². The van der Waals surface area contributed by atoms with Crippen LogP contribution in [0.3, 0.4) is 0 Å². The molecule has 0 spiro atoms. The smallest absolute Gasteiger partial charge is 0.330 e. The number of rotatable bonds is 7. The molecule has 0 aliphatic carbocycles. The third-order valence-corrected chi connectivity index (χ3v) is 5.06. The maximum Gasteiger partial charge on any atom is 0.330 e. The molecule has 0 radical (unpaired) electrons. The van der Waals surface area contributed by atoms with Crippen LogP contribution in [0.25, 0.3) is 0 Å². The van der Waals surface area contributed by atoms with Crippen LogP contribution in [0.1, 0.15) is 28.3 Å². The minimum atomic E-state index is -0.336. The fourth-order valence-electron chi connectivity index (χ4n) is 3.39. The molecule has 0 fully saturated rings. The molecule has 0 aliphatic rings. The van der Waals surface area contributed by atoms with Gasteiger partial charge >= 0.3 is 5.69 Å². The van der Waals surface area contributed by atoms with Gasteiger partial charge in [-0.05, 0) is 30.5 Å². The zero-order valence-electron chi connectivity index (χ0n) is 17.3. The van der Waals surface area contributed by atoms with Crippen LogP contribution in [0.15, 0.2) is 64.3 Å². The van der Waals surface area contributed by atoms with E-state index in [9.17, 15) is 9.59 Å². The number of aryl methyl sites for hydroxylation is 3. The fourth-order valence-corrected chi connectivity index (χ4v) is 3.39. The van der Waals surface area contributed by atoms with Crippen molar-refractivity contribution in [1.82, 2.24) is 14.5 Å². The van der Waals surface area contributed by atoms with Gasteiger partial charge in [-0.3, -0.25) is 9.36 Å². The first kappa shape index (κ1) is 20.6. The Morgan fingerprint density at radius 1 is 0.966 bits per heavy atom. The summed E-state index contributed by atoms with van der Waals surface area (Å²) in [6.45, 7) is 4.81. The van der Waals surface area contributed by atoms with Gasteiger partial charge in [0.15, 0.2) is 0 Å². The molecule has 1 aromatic heterocycles. The van der Waals surface area contributed by atoms with Crippen molar-refractivity contribution in [2.24, 2.45) is 14.1 Å². The maximum atomic E-state index is 12.4. The van der Waals surface area contributed by atoms with Crippen LogP contribution in [0, 0.1) is 13.8 Å². The average molecular weight is 393 g/mol. The number of hydrogen-bond acceptors (Lipinski definition) is 4. The largest absolute Gasteiger partial charge is 0.491 e. The molecule has 0 saturated carbocycles. The van der Waals surface area contributed by atoms with E-state index < -0.39 is 0 Å². The van der Waals surface area contributed by atoms with Gasteiger partial charge in [-0.25, -0.2) is 4.79 Å². The lowest BCUT2D eigenvalue weighted by Crippen LogP contribution is -2.40. The predicted octanol–water partition coefficient (Wildman–Crippen LogP) is 2.61. The minimum absolute atomic E-state index is 0.114. The van der Waals surface area contributed by atoms with Crippen LogP contribution >= 0.6 is 0 Å². The van der Waals surface area contributed by atoms with Crippen molar-refractivity contribution in [2.75, 3.05) is 6.61 Å². The predicted molar refractivity (Wildman–Crippen MR) is 114 cm³/mol. The van der Waals surface area contributed by atoms with Gasteiger partial charge in [-0.2, -0.15) is 0 Å². The Kier molecular flexibility index (Phi) is 6.34. The minimum Gasteiger partial charge on any atom is -0.491 e. The monoisotopic (exact) mass is 393 g/mol. The van der Waals surface area contributed by atoms with E-state index in [4.69, 9.17) is 4.74 Å². The van der Waals surface area contributed by atoms with Gasteiger partial charge in [0.2, 0.25) is 0 Å². The second kappa shape index (κ2) is 8.92. The molecular weight excluding hydrogens is 366 g/mol. The van der Waals surface area contributed by atoms with E-state index in [0.717, 1.165) is 27.0 Å². The van der Waals surface area contributed by atoms with Crippen LogP contribution in [0.5, 0.6) is 5.75 Å². The summed E-state index contributed by atoms with van der Waals surface area (Å²) in [5, 5.41) is 3.42. The van der Waals surface area contributed by atoms with Crippen LogP contribution in [0.4, 0.5) is 0 Å². The van der Waals surface area contributed by atoms with E-state index in [1.165, 1.54) is 11.6 Å². The van der Waals surface area contributed by atoms with Gasteiger partial charge in [-0.15, -0.1) is 0 Å². The van der Waals surface area contributed by atoms with Crippen LogP contribution < -0.4 is 21.3 Å². The van der Waals surface area contributed by atoms with E-state index >= 15 is 0 Å². The van der Waals surface area contributed by atoms with E-state index in [0.29, 0.717) is 18.7 Å². The number of aromatic nitrogens is 2. The molecule has 6 nitrogen and oxygen atoms in total. The van der Waals surface area contributed by atoms with E-state index in [1.54, 1.807) is 13.2 Å². The second-order valence-electron chi connectivity index (χ2n) is 7.29. The van der Waals surface area contributed by atoms with Crippen molar-refractivity contribution < 1.29 is 4.74 Å². The molecule has 2 aromatic carbocycles. The summed E-state index contributed by atoms with van der Waals surface area (Å²) >= 11 is 0. The number of ether oxygens (including phenoxy) is 1. The first-order valence-electron chi connectivity index (χ1n) is 9.61. The average Bonchev–Trinajstić information content (AvgIpc) is 2.72. The van der Waals surface area contributed by atoms with Gasteiger partial charge in [0.05, 0.1) is 6.04 Å². The number of benzene rings is 2. The van der Waals surface area contributed by atoms with Gasteiger partial charge in [-0.1, -0.05) is 48.5 Å². The third-order valence-electron chi connectivity index (χ3n) is 5.06. The van der Waals surface area contributed by atoms with Gasteiger partial charge in [0, 0.05) is 32.4 Å². The molecule has 29 heavy (non-hydrogen) atoms. The molecule has 1 atom stereocenters. The summed E-state index contributed by atoms with van der Waals surface area (Å²) in [5.74, 6) is 0.883. The normalized spacial score (nSPS) is 12.0. The topological polar surface area (TPSA) is 65.3 Å². The Morgan fingerprint density at radius 2 is 1.62 bits per heavy atom. The zero-order chi connectivity index (χ0) is 21.0. The highest BCUT2D eigenvalue weighted by Crippen LogP contribution is 2.24. The Balaban J connectivity index is 1.82. The number of nitrogens with one attached hydrogen (secondary N) is 1. The van der Waals surface area contributed by atoms with Crippen LogP contribution in [0.2, 0.25) is 0 Å². The van der Waals surface area contributed by atoms with Crippen molar-refractivity contribution in [3.63, 3.8) is 0 Å². The summed E-state index contributed by atoms with van der Waals surface area (Å²) in [6, 6.07) is 16.0. The quantitative estimate of drug-likeness (QED) is 0.670. The van der Waals surface area contributed by atoms with E-state index in [1.807, 2.05) is 62.4 Å². The summed E-state index contributed by atoms with van der Waals surface area (Å²) in [5.41, 5.74) is 3.15. The van der Waals surface area contributed by atoms with Crippen molar-refractivity contribution in [1.29, 1.82) is 0 Å². The molecule has 0 saturated heterocycles. The first-order chi connectivity index (χ1) is 13.9. The highest BCUT2D eigenvalue weighted by molar-refractivity contribution is 5.39. The van der Waals surface area contributed by atoms with E-state index in [-0.39, 0.29) is 17.3 Å². The molecule has 3 rings (SSSR count). The van der Waals surface area contributed by atoms with Crippen LogP contribution in [-0.4, -0.2) is 15.7 Å². The molecule has 0 bridgehead atoms. The van der Waals surface area contributed by atoms with Crippen molar-refractivity contribution in [2.45, 2.75) is 26.4 Å². The van der Waals surface area contributed by atoms with Gasteiger partial charge in [0.25, 0.3) is 5.56 Å². The SMILES string of the molecule is Cc1cccc(C)c1OCC(NCc1cn(C)c(=O)n(C)c1=O)c1ccccc1. The number of hydrogen-bond donors (Lipinski definition) is 1. The lowest BCUT2D eigenvalue weighted by molar-refractivity contribution is 0.262. The van der Waals surface area contributed by atoms with Gasteiger partial charge in [0.1, 0.15) is 12.4 Å². The summed E-state index contributed by atoms with van der Waals surface area (Å²) in [6.07, 6.45) is 1.59. The highest BCUT2D eigenvalue weighted by Gasteiger charge is 2.15. The molecule has 152 valence electrons. The summed E-state index contributed by atoms with van der Waals surface area (Å²) < 4.78 is 8.71. The standard InChI is InChI=1S/C23H27N3O3/c1-16-9-8-10-17(2)21(16)29-15-20(18-11-6-5-7-12-18)24-13-19-14-25(3)23(28)26(4)22(19)27/h5-12,14,20,24H,13,15H2,1-4H3. The fraction of sp³-hybridized carbons (Fsp3) is 0.304. The molecule has 1 heterocycles. The molecule has 0 aliphatic heterocycles. The lowest BCUT2D eigenvalue weighted by Gasteiger charge is -2.21. The molecule has 1 N–H and O–H groups in total. The molecular formula is C23H27N3O3. The maximum absolute atomic E-state index is 12.4. The zero-order valence-corrected chi connectivity index (χ0v) is 17.3. The lowest BCUT2D eigenvalue weighted by atomic mass is 10.1. The molecule has 1 unspecified atom stereocenters. The van der Waals surface area contributed by atoms with Crippen LogP contribution in [-0.2, 0) is 20.6 Å². The third kappa shape index (κ3) is 4.66. The number of nitrogens with zero attached hydrogens (tertiary/aromatic N) is 2. The van der Waals surface area contributed by atoms with Crippen molar-refractivity contribution >= 4 is 0 Å². The molecule has 3 aromatic rings. The van der Waals surface area contributed by atoms with E-state index in [2.05, 4.69) is 5.32 Å². The molecule has 6 heteroatoms. The Labute approximate surface area is 170 Å². The number of para-hydroxylation sites is 1. The first-order valence-corrected chi connectivity index (χ1v) is 9.61.